The minimum Gasteiger partial charge on any atom is -0.396 e. The molecule has 0 saturated carbocycles. The van der Waals surface area contributed by atoms with Crippen molar-refractivity contribution >= 4 is 5.84 Å². The summed E-state index contributed by atoms with van der Waals surface area (Å²) in [6, 6.07) is 10.3. The van der Waals surface area contributed by atoms with Gasteiger partial charge in [-0.15, -0.1) is 0 Å². The van der Waals surface area contributed by atoms with Crippen molar-refractivity contribution in [2.45, 2.75) is 32.2 Å². The molecule has 106 valence electrons. The molecule has 4 nitrogen and oxygen atoms in total. The summed E-state index contributed by atoms with van der Waals surface area (Å²) < 4.78 is 0. The number of aliphatic hydroxyl groups is 1. The highest BCUT2D eigenvalue weighted by Crippen LogP contribution is 2.18. The number of nitrogens with one attached hydrogen (secondary N) is 1. The Bertz CT molecular complexity index is 378. The summed E-state index contributed by atoms with van der Waals surface area (Å²) in [5.74, 6) is 0.114. The van der Waals surface area contributed by atoms with E-state index in [1.807, 2.05) is 30.3 Å². The van der Waals surface area contributed by atoms with Gasteiger partial charge in [0.05, 0.1) is 11.8 Å². The number of amidine groups is 1. The van der Waals surface area contributed by atoms with Crippen LogP contribution in [-0.2, 0) is 0 Å². The van der Waals surface area contributed by atoms with E-state index in [1.54, 1.807) is 0 Å². The third-order valence-electron chi connectivity index (χ3n) is 3.33. The average molecular weight is 263 g/mol. The van der Waals surface area contributed by atoms with E-state index >= 15 is 0 Å². The number of hydrogen-bond acceptors (Lipinski definition) is 3. The van der Waals surface area contributed by atoms with Crippen molar-refractivity contribution < 1.29 is 5.11 Å². The van der Waals surface area contributed by atoms with Crippen LogP contribution in [0.5, 0.6) is 0 Å². The van der Waals surface area contributed by atoms with Gasteiger partial charge in [0.1, 0.15) is 0 Å². The van der Waals surface area contributed by atoms with Crippen LogP contribution in [0, 0.1) is 5.41 Å². The van der Waals surface area contributed by atoms with Crippen molar-refractivity contribution in [3.8, 4) is 0 Å². The smallest absolute Gasteiger partial charge is 0.0995 e. The highest BCUT2D eigenvalue weighted by atomic mass is 16.3. The Kier molecular flexibility index (Phi) is 6.53. The highest BCUT2D eigenvalue weighted by Gasteiger charge is 2.20. The zero-order chi connectivity index (χ0) is 14.3. The monoisotopic (exact) mass is 263 g/mol. The number of rotatable bonds is 8. The van der Waals surface area contributed by atoms with Crippen LogP contribution in [0.3, 0.4) is 0 Å². The van der Waals surface area contributed by atoms with Gasteiger partial charge in [0.25, 0.3) is 0 Å². The lowest BCUT2D eigenvalue weighted by Crippen LogP contribution is -2.39. The molecule has 0 fully saturated rings. The van der Waals surface area contributed by atoms with Crippen molar-refractivity contribution in [2.24, 2.45) is 5.73 Å². The summed E-state index contributed by atoms with van der Waals surface area (Å²) in [7, 11) is 0. The molecule has 0 aliphatic carbocycles. The molecule has 1 atom stereocenters. The van der Waals surface area contributed by atoms with Crippen molar-refractivity contribution in [1.29, 1.82) is 5.41 Å². The quantitative estimate of drug-likeness (QED) is 0.494. The van der Waals surface area contributed by atoms with Gasteiger partial charge in [0.15, 0.2) is 0 Å². The van der Waals surface area contributed by atoms with Gasteiger partial charge in [0, 0.05) is 25.7 Å². The number of nitrogens with zero attached hydrogens (tertiary/aromatic N) is 1. The van der Waals surface area contributed by atoms with Crippen molar-refractivity contribution in [3.05, 3.63) is 35.9 Å². The van der Waals surface area contributed by atoms with Crippen LogP contribution in [0.15, 0.2) is 30.3 Å². The minimum atomic E-state index is -0.0812. The standard InChI is InChI=1S/C15H25N3O/c1-12(2)18(9-6-10-19)11-14(15(16)17)13-7-4-3-5-8-13/h3-5,7-8,12,14,19H,6,9-11H2,1-2H3,(H3,16,17). The molecule has 0 aliphatic rings. The number of benzene rings is 1. The van der Waals surface area contributed by atoms with Crippen LogP contribution in [0.25, 0.3) is 0 Å². The van der Waals surface area contributed by atoms with Crippen molar-refractivity contribution in [1.82, 2.24) is 4.90 Å². The van der Waals surface area contributed by atoms with Crippen LogP contribution in [0.1, 0.15) is 31.7 Å². The Hall–Kier alpha value is -1.39. The second-order valence-electron chi connectivity index (χ2n) is 5.08. The second kappa shape index (κ2) is 7.92. The molecular formula is C15H25N3O. The van der Waals surface area contributed by atoms with E-state index in [4.69, 9.17) is 16.2 Å². The summed E-state index contributed by atoms with van der Waals surface area (Å²) in [6.07, 6.45) is 0.748. The van der Waals surface area contributed by atoms with Crippen LogP contribution in [-0.4, -0.2) is 41.6 Å². The summed E-state index contributed by atoms with van der Waals surface area (Å²) in [5, 5.41) is 16.8. The molecule has 4 heteroatoms. The molecule has 0 saturated heterocycles. The van der Waals surface area contributed by atoms with Gasteiger partial charge in [-0.1, -0.05) is 30.3 Å². The largest absolute Gasteiger partial charge is 0.396 e. The maximum atomic E-state index is 8.96. The zero-order valence-electron chi connectivity index (χ0n) is 11.8. The maximum absolute atomic E-state index is 8.96. The van der Waals surface area contributed by atoms with E-state index in [1.165, 1.54) is 0 Å². The molecule has 0 spiro atoms. The Morgan fingerprint density at radius 1 is 1.32 bits per heavy atom. The van der Waals surface area contributed by atoms with E-state index in [-0.39, 0.29) is 18.4 Å². The van der Waals surface area contributed by atoms with Gasteiger partial charge in [-0.25, -0.2) is 0 Å². The van der Waals surface area contributed by atoms with E-state index in [0.717, 1.165) is 25.1 Å². The topological polar surface area (TPSA) is 73.3 Å². The van der Waals surface area contributed by atoms with E-state index in [2.05, 4.69) is 18.7 Å². The molecular weight excluding hydrogens is 238 g/mol. The lowest BCUT2D eigenvalue weighted by Gasteiger charge is -2.30. The fraction of sp³-hybridized carbons (Fsp3) is 0.533. The van der Waals surface area contributed by atoms with Crippen LogP contribution in [0.4, 0.5) is 0 Å². The first-order valence-corrected chi connectivity index (χ1v) is 6.80. The van der Waals surface area contributed by atoms with Gasteiger partial charge in [-0.2, -0.15) is 0 Å². The molecule has 1 aromatic carbocycles. The van der Waals surface area contributed by atoms with Gasteiger partial charge in [-0.05, 0) is 25.8 Å². The van der Waals surface area contributed by atoms with Crippen LogP contribution in [0.2, 0.25) is 0 Å². The second-order valence-corrected chi connectivity index (χ2v) is 5.08. The third-order valence-corrected chi connectivity index (χ3v) is 3.33. The molecule has 1 aromatic rings. The predicted molar refractivity (Wildman–Crippen MR) is 79.5 cm³/mol. The van der Waals surface area contributed by atoms with E-state index in [0.29, 0.717) is 6.04 Å². The number of hydrogen-bond donors (Lipinski definition) is 3. The van der Waals surface area contributed by atoms with Gasteiger partial charge in [0.2, 0.25) is 0 Å². The average Bonchev–Trinajstić information content (AvgIpc) is 2.39. The predicted octanol–water partition coefficient (Wildman–Crippen LogP) is 1.80. The highest BCUT2D eigenvalue weighted by molar-refractivity contribution is 5.84. The summed E-state index contributed by atoms with van der Waals surface area (Å²) in [4.78, 5) is 2.26. The molecule has 4 N–H and O–H groups in total. The van der Waals surface area contributed by atoms with Crippen molar-refractivity contribution in [2.75, 3.05) is 19.7 Å². The molecule has 0 bridgehead atoms. The molecule has 0 amide bonds. The Morgan fingerprint density at radius 2 is 1.95 bits per heavy atom. The Morgan fingerprint density at radius 3 is 2.42 bits per heavy atom. The summed E-state index contributed by atoms with van der Waals surface area (Å²) >= 11 is 0. The Balaban J connectivity index is 2.79. The molecule has 0 radical (unpaired) electrons. The lowest BCUT2D eigenvalue weighted by atomic mass is 9.97. The first-order chi connectivity index (χ1) is 9.06. The summed E-state index contributed by atoms with van der Waals surface area (Å²) in [5.41, 5.74) is 6.83. The van der Waals surface area contributed by atoms with Crippen LogP contribution < -0.4 is 5.73 Å². The lowest BCUT2D eigenvalue weighted by molar-refractivity contribution is 0.190. The number of nitrogens with two attached hydrogens (primary N) is 1. The molecule has 19 heavy (non-hydrogen) atoms. The molecule has 0 aromatic heterocycles. The molecule has 0 heterocycles. The van der Waals surface area contributed by atoms with E-state index < -0.39 is 0 Å². The molecule has 0 aliphatic heterocycles. The van der Waals surface area contributed by atoms with Gasteiger partial charge in [-0.3, -0.25) is 10.3 Å². The van der Waals surface area contributed by atoms with Gasteiger partial charge >= 0.3 is 0 Å². The summed E-state index contributed by atoms with van der Waals surface area (Å²) in [6.45, 7) is 5.99. The first kappa shape index (κ1) is 15.7. The third kappa shape index (κ3) is 5.01. The first-order valence-electron chi connectivity index (χ1n) is 6.80. The SMILES string of the molecule is CC(C)N(CCCO)CC(C(=N)N)c1ccccc1. The maximum Gasteiger partial charge on any atom is 0.0995 e. The Labute approximate surface area is 115 Å². The van der Waals surface area contributed by atoms with E-state index in [9.17, 15) is 0 Å². The number of aliphatic hydroxyl groups excluding tert-OH is 1. The normalized spacial score (nSPS) is 12.9. The fourth-order valence-corrected chi connectivity index (χ4v) is 2.14. The molecule has 1 rings (SSSR count). The minimum absolute atomic E-state index is 0.0812. The molecule has 1 unspecified atom stereocenters. The fourth-order valence-electron chi connectivity index (χ4n) is 2.14. The van der Waals surface area contributed by atoms with Crippen molar-refractivity contribution in [3.63, 3.8) is 0 Å². The zero-order valence-corrected chi connectivity index (χ0v) is 11.8. The van der Waals surface area contributed by atoms with Crippen LogP contribution >= 0.6 is 0 Å². The van der Waals surface area contributed by atoms with Gasteiger partial charge < -0.3 is 10.8 Å².